The van der Waals surface area contributed by atoms with Crippen molar-refractivity contribution in [1.29, 1.82) is 0 Å². The van der Waals surface area contributed by atoms with Crippen LogP contribution in [0.15, 0.2) is 24.3 Å². The number of likely N-dealkylation sites (N-methyl/N-ethyl adjacent to an activating group) is 1. The molecule has 0 radical (unpaired) electrons. The van der Waals surface area contributed by atoms with Crippen LogP contribution >= 0.6 is 0 Å². The lowest BCUT2D eigenvalue weighted by Crippen LogP contribution is -2.44. The van der Waals surface area contributed by atoms with Crippen LogP contribution in [0.1, 0.15) is 12.8 Å². The number of anilines is 1. The van der Waals surface area contributed by atoms with Crippen molar-refractivity contribution >= 4 is 5.69 Å². The summed E-state index contributed by atoms with van der Waals surface area (Å²) in [6.45, 7) is 6.75. The van der Waals surface area contributed by atoms with E-state index in [1.54, 1.807) is 0 Å². The van der Waals surface area contributed by atoms with Gasteiger partial charge in [-0.3, -0.25) is 0 Å². The van der Waals surface area contributed by atoms with Crippen LogP contribution in [0.3, 0.4) is 0 Å². The maximum absolute atomic E-state index is 5.71. The highest BCUT2D eigenvalue weighted by molar-refractivity contribution is 5.43. The fourth-order valence-electron chi connectivity index (χ4n) is 2.30. The molecule has 1 aromatic rings. The number of piperazine rings is 1. The predicted octanol–water partition coefficient (Wildman–Crippen LogP) is 1.68. The Kier molecular flexibility index (Phi) is 5.48. The number of nitrogen functional groups attached to an aromatic ring is 1. The minimum atomic E-state index is 0.759. The third-order valence-corrected chi connectivity index (χ3v) is 3.59. The van der Waals surface area contributed by atoms with E-state index in [1.807, 2.05) is 24.3 Å². The molecule has 0 saturated carbocycles. The fraction of sp³-hybridized carbons (Fsp3) is 0.600. The van der Waals surface area contributed by atoms with E-state index in [0.29, 0.717) is 0 Å². The fourth-order valence-corrected chi connectivity index (χ4v) is 2.30. The first-order chi connectivity index (χ1) is 9.24. The van der Waals surface area contributed by atoms with E-state index in [9.17, 15) is 0 Å². The molecule has 0 spiro atoms. The van der Waals surface area contributed by atoms with E-state index in [1.165, 1.54) is 39.1 Å². The van der Waals surface area contributed by atoms with Gasteiger partial charge in [-0.2, -0.15) is 0 Å². The van der Waals surface area contributed by atoms with Gasteiger partial charge in [0.2, 0.25) is 0 Å². The van der Waals surface area contributed by atoms with Gasteiger partial charge in [-0.25, -0.2) is 0 Å². The zero-order valence-electron chi connectivity index (χ0n) is 11.8. The van der Waals surface area contributed by atoms with Gasteiger partial charge in [0.25, 0.3) is 0 Å². The van der Waals surface area contributed by atoms with Crippen LogP contribution in [-0.4, -0.2) is 56.2 Å². The summed E-state index contributed by atoms with van der Waals surface area (Å²) in [5.41, 5.74) is 6.47. The molecule has 0 amide bonds. The lowest BCUT2D eigenvalue weighted by Gasteiger charge is -2.32. The topological polar surface area (TPSA) is 41.7 Å². The number of nitrogens with two attached hydrogens (primary N) is 1. The highest BCUT2D eigenvalue weighted by Crippen LogP contribution is 2.14. The SMILES string of the molecule is CN1CCN(CCCCOc2cccc(N)c2)CC1. The molecule has 2 N–H and O–H groups in total. The standard InChI is InChI=1S/C15H25N3O/c1-17-8-10-18(11-9-17)7-2-3-12-19-15-6-4-5-14(16)13-15/h4-6,13H,2-3,7-12,16H2,1H3. The van der Waals surface area contributed by atoms with Crippen molar-refractivity contribution in [3.8, 4) is 5.75 Å². The van der Waals surface area contributed by atoms with Crippen LogP contribution in [0.5, 0.6) is 5.75 Å². The van der Waals surface area contributed by atoms with Gasteiger partial charge in [-0.15, -0.1) is 0 Å². The summed E-state index contributed by atoms with van der Waals surface area (Å²) in [6.07, 6.45) is 2.30. The Labute approximate surface area is 116 Å². The number of hydrogen-bond acceptors (Lipinski definition) is 4. The highest BCUT2D eigenvalue weighted by atomic mass is 16.5. The molecule has 0 atom stereocenters. The molecule has 1 heterocycles. The van der Waals surface area contributed by atoms with Crippen LogP contribution in [-0.2, 0) is 0 Å². The second-order valence-corrected chi connectivity index (χ2v) is 5.27. The van der Waals surface area contributed by atoms with E-state index in [2.05, 4.69) is 16.8 Å². The van der Waals surface area contributed by atoms with Crippen molar-refractivity contribution in [2.24, 2.45) is 0 Å². The lowest BCUT2D eigenvalue weighted by molar-refractivity contribution is 0.150. The molecule has 0 bridgehead atoms. The molecule has 4 nitrogen and oxygen atoms in total. The first kappa shape index (κ1) is 14.2. The molecule has 1 aliphatic rings. The second kappa shape index (κ2) is 7.36. The van der Waals surface area contributed by atoms with Crippen molar-refractivity contribution in [1.82, 2.24) is 9.80 Å². The summed E-state index contributed by atoms with van der Waals surface area (Å²) in [4.78, 5) is 4.93. The van der Waals surface area contributed by atoms with Crippen molar-refractivity contribution in [3.05, 3.63) is 24.3 Å². The Bertz CT molecular complexity index is 375. The Morgan fingerprint density at radius 2 is 1.95 bits per heavy atom. The molecule has 1 aromatic carbocycles. The van der Waals surface area contributed by atoms with Gasteiger partial charge in [0, 0.05) is 37.9 Å². The molecule has 0 unspecified atom stereocenters. The third kappa shape index (κ3) is 5.09. The van der Waals surface area contributed by atoms with Crippen molar-refractivity contribution in [3.63, 3.8) is 0 Å². The number of rotatable bonds is 6. The quantitative estimate of drug-likeness (QED) is 0.626. The Hall–Kier alpha value is -1.26. The molecule has 1 fully saturated rings. The molecular weight excluding hydrogens is 238 g/mol. The van der Waals surface area contributed by atoms with Gasteiger partial charge in [0.05, 0.1) is 6.61 Å². The number of ether oxygens (including phenoxy) is 1. The molecule has 0 aliphatic carbocycles. The van der Waals surface area contributed by atoms with Crippen LogP contribution in [0, 0.1) is 0 Å². The largest absolute Gasteiger partial charge is 0.494 e. The van der Waals surface area contributed by atoms with Gasteiger partial charge in [-0.05, 0) is 38.6 Å². The molecule has 4 heteroatoms. The number of unbranched alkanes of at least 4 members (excludes halogenated alkanes) is 1. The Morgan fingerprint density at radius 3 is 2.68 bits per heavy atom. The van der Waals surface area contributed by atoms with E-state index >= 15 is 0 Å². The van der Waals surface area contributed by atoms with Gasteiger partial charge < -0.3 is 20.3 Å². The molecular formula is C15H25N3O. The highest BCUT2D eigenvalue weighted by Gasteiger charge is 2.12. The van der Waals surface area contributed by atoms with Crippen LogP contribution in [0.2, 0.25) is 0 Å². The summed E-state index contributed by atoms with van der Waals surface area (Å²) < 4.78 is 5.69. The Morgan fingerprint density at radius 1 is 1.16 bits per heavy atom. The number of nitrogens with zero attached hydrogens (tertiary/aromatic N) is 2. The zero-order chi connectivity index (χ0) is 13.5. The monoisotopic (exact) mass is 263 g/mol. The van der Waals surface area contributed by atoms with Crippen LogP contribution in [0.25, 0.3) is 0 Å². The van der Waals surface area contributed by atoms with Gasteiger partial charge in [0.15, 0.2) is 0 Å². The smallest absolute Gasteiger partial charge is 0.121 e. The predicted molar refractivity (Wildman–Crippen MR) is 79.5 cm³/mol. The van der Waals surface area contributed by atoms with E-state index in [-0.39, 0.29) is 0 Å². The molecule has 2 rings (SSSR count). The minimum absolute atomic E-state index is 0.759. The maximum Gasteiger partial charge on any atom is 0.121 e. The van der Waals surface area contributed by atoms with Gasteiger partial charge in [0.1, 0.15) is 5.75 Å². The van der Waals surface area contributed by atoms with Crippen molar-refractivity contribution in [2.45, 2.75) is 12.8 Å². The molecule has 0 aromatic heterocycles. The summed E-state index contributed by atoms with van der Waals surface area (Å²) in [7, 11) is 2.19. The lowest BCUT2D eigenvalue weighted by atomic mass is 10.2. The van der Waals surface area contributed by atoms with Crippen molar-refractivity contribution in [2.75, 3.05) is 52.1 Å². The average molecular weight is 263 g/mol. The average Bonchev–Trinajstić information content (AvgIpc) is 2.41. The van der Waals surface area contributed by atoms with Crippen LogP contribution < -0.4 is 10.5 Å². The normalized spacial score (nSPS) is 17.5. The van der Waals surface area contributed by atoms with Gasteiger partial charge >= 0.3 is 0 Å². The summed E-state index contributed by atoms with van der Waals surface area (Å²) in [6, 6.07) is 7.63. The number of hydrogen-bond donors (Lipinski definition) is 1. The van der Waals surface area contributed by atoms with Gasteiger partial charge in [-0.1, -0.05) is 6.07 Å². The summed E-state index contributed by atoms with van der Waals surface area (Å²) in [5.74, 6) is 0.875. The summed E-state index contributed by atoms with van der Waals surface area (Å²) in [5, 5.41) is 0. The van der Waals surface area contributed by atoms with E-state index in [0.717, 1.165) is 24.5 Å². The van der Waals surface area contributed by atoms with Crippen LogP contribution in [0.4, 0.5) is 5.69 Å². The molecule has 1 aliphatic heterocycles. The number of benzene rings is 1. The maximum atomic E-state index is 5.71. The molecule has 1 saturated heterocycles. The van der Waals surface area contributed by atoms with Crippen molar-refractivity contribution < 1.29 is 4.74 Å². The van der Waals surface area contributed by atoms with E-state index in [4.69, 9.17) is 10.5 Å². The second-order valence-electron chi connectivity index (χ2n) is 5.27. The molecule has 106 valence electrons. The minimum Gasteiger partial charge on any atom is -0.494 e. The molecule has 19 heavy (non-hydrogen) atoms. The first-order valence-corrected chi connectivity index (χ1v) is 7.13. The zero-order valence-corrected chi connectivity index (χ0v) is 11.8. The first-order valence-electron chi connectivity index (χ1n) is 7.13. The third-order valence-electron chi connectivity index (χ3n) is 3.59. The van der Waals surface area contributed by atoms with E-state index < -0.39 is 0 Å². The Balaban J connectivity index is 1.55. The summed E-state index contributed by atoms with van der Waals surface area (Å²) >= 11 is 0.